The van der Waals surface area contributed by atoms with Gasteiger partial charge >= 0.3 is 0 Å². The Bertz CT molecular complexity index is 853. The van der Waals surface area contributed by atoms with Gasteiger partial charge in [-0.15, -0.1) is 0 Å². The average Bonchev–Trinajstić information content (AvgIpc) is 2.73. The Kier molecular flexibility index (Phi) is 7.29. The molecule has 154 valence electrons. The fraction of sp³-hybridized carbons (Fsp3) is 0.391. The molecule has 1 N–H and O–H groups in total. The second kappa shape index (κ2) is 9.90. The van der Waals surface area contributed by atoms with Crippen molar-refractivity contribution >= 4 is 23.4 Å². The number of halogens is 1. The first-order valence-electron chi connectivity index (χ1n) is 9.89. The summed E-state index contributed by atoms with van der Waals surface area (Å²) in [6.45, 7) is 3.37. The highest BCUT2D eigenvalue weighted by Gasteiger charge is 2.35. The molecular weight excluding hydrogens is 388 g/mol. The molecular formula is C23H27ClN2O3. The van der Waals surface area contributed by atoms with E-state index in [4.69, 9.17) is 16.3 Å². The van der Waals surface area contributed by atoms with Crippen molar-refractivity contribution in [2.75, 3.05) is 26.8 Å². The summed E-state index contributed by atoms with van der Waals surface area (Å²) < 4.78 is 5.00. The molecule has 0 aliphatic carbocycles. The number of hydrogen-bond donors (Lipinski definition) is 1. The van der Waals surface area contributed by atoms with Gasteiger partial charge < -0.3 is 15.0 Å². The normalized spacial score (nSPS) is 19.1. The molecule has 3 rings (SSSR count). The van der Waals surface area contributed by atoms with Gasteiger partial charge in [0.05, 0.1) is 18.6 Å². The van der Waals surface area contributed by atoms with Gasteiger partial charge in [0.15, 0.2) is 0 Å². The Morgan fingerprint density at radius 2 is 1.93 bits per heavy atom. The molecule has 2 atom stereocenters. The van der Waals surface area contributed by atoms with E-state index in [2.05, 4.69) is 17.4 Å². The lowest BCUT2D eigenvalue weighted by atomic mass is 9.87. The van der Waals surface area contributed by atoms with E-state index >= 15 is 0 Å². The zero-order valence-corrected chi connectivity index (χ0v) is 17.6. The van der Waals surface area contributed by atoms with Crippen molar-refractivity contribution in [1.82, 2.24) is 10.2 Å². The van der Waals surface area contributed by atoms with E-state index in [1.165, 1.54) is 0 Å². The van der Waals surface area contributed by atoms with Crippen LogP contribution in [0.15, 0.2) is 48.5 Å². The fourth-order valence-corrected chi connectivity index (χ4v) is 3.94. The third-order valence-corrected chi connectivity index (χ3v) is 5.59. The summed E-state index contributed by atoms with van der Waals surface area (Å²) in [6.07, 6.45) is 1.48. The molecule has 29 heavy (non-hydrogen) atoms. The van der Waals surface area contributed by atoms with E-state index in [0.717, 1.165) is 24.0 Å². The van der Waals surface area contributed by atoms with Gasteiger partial charge in [-0.3, -0.25) is 9.59 Å². The summed E-state index contributed by atoms with van der Waals surface area (Å²) >= 11 is 5.98. The minimum atomic E-state index is -0.232. The van der Waals surface area contributed by atoms with Crippen LogP contribution in [-0.4, -0.2) is 43.5 Å². The summed E-state index contributed by atoms with van der Waals surface area (Å²) in [5, 5.41) is 3.49. The molecule has 2 amide bonds. The highest BCUT2D eigenvalue weighted by Crippen LogP contribution is 2.35. The molecule has 1 saturated heterocycles. The first kappa shape index (κ1) is 21.3. The molecule has 0 radical (unpaired) electrons. The Morgan fingerprint density at radius 3 is 2.62 bits per heavy atom. The summed E-state index contributed by atoms with van der Waals surface area (Å²) in [7, 11) is 1.60. The first-order chi connectivity index (χ1) is 14.0. The molecule has 2 aromatic carbocycles. The third-order valence-electron chi connectivity index (χ3n) is 5.34. The average molecular weight is 415 g/mol. The van der Waals surface area contributed by atoms with Crippen molar-refractivity contribution in [3.8, 4) is 0 Å². The van der Waals surface area contributed by atoms with Crippen LogP contribution >= 0.6 is 11.6 Å². The van der Waals surface area contributed by atoms with E-state index in [1.807, 2.05) is 24.0 Å². The van der Waals surface area contributed by atoms with Crippen LogP contribution in [0.1, 0.15) is 40.4 Å². The number of carbonyl (C=O) groups excluding carboxylic acids is 2. The minimum absolute atomic E-state index is 0.0290. The lowest BCUT2D eigenvalue weighted by Gasteiger charge is -2.39. The van der Waals surface area contributed by atoms with Crippen LogP contribution in [0.25, 0.3) is 0 Å². The molecule has 2 aromatic rings. The van der Waals surface area contributed by atoms with E-state index in [9.17, 15) is 9.59 Å². The van der Waals surface area contributed by atoms with Crippen LogP contribution < -0.4 is 5.32 Å². The number of likely N-dealkylation sites (tertiary alicyclic amines) is 1. The molecule has 5 nitrogen and oxygen atoms in total. The Balaban J connectivity index is 1.84. The standard InChI is InChI=1S/C23H27ClN2O3/c1-16-4-3-5-18(14-16)21-11-8-19(22(27)25-12-13-29-2)15-26(21)23(28)17-6-9-20(24)10-7-17/h3-7,9-10,14,19,21H,8,11-13,15H2,1-2H3,(H,25,27)/t19-,21+/m1/s1. The molecule has 0 spiro atoms. The van der Waals surface area contributed by atoms with Crippen LogP contribution in [0, 0.1) is 12.8 Å². The molecule has 6 heteroatoms. The van der Waals surface area contributed by atoms with Crippen molar-refractivity contribution in [2.24, 2.45) is 5.92 Å². The zero-order valence-electron chi connectivity index (χ0n) is 16.9. The Labute approximate surface area is 177 Å². The monoisotopic (exact) mass is 414 g/mol. The van der Waals surface area contributed by atoms with Gasteiger partial charge in [-0.2, -0.15) is 0 Å². The quantitative estimate of drug-likeness (QED) is 0.726. The van der Waals surface area contributed by atoms with Crippen molar-refractivity contribution in [3.05, 3.63) is 70.2 Å². The molecule has 0 aromatic heterocycles. The third kappa shape index (κ3) is 5.37. The summed E-state index contributed by atoms with van der Waals surface area (Å²) in [5.74, 6) is -0.342. The van der Waals surface area contributed by atoms with Crippen molar-refractivity contribution in [1.29, 1.82) is 0 Å². The number of benzene rings is 2. The predicted molar refractivity (Wildman–Crippen MR) is 114 cm³/mol. The van der Waals surface area contributed by atoms with Crippen LogP contribution in [0.5, 0.6) is 0 Å². The van der Waals surface area contributed by atoms with Crippen LogP contribution in [0.3, 0.4) is 0 Å². The van der Waals surface area contributed by atoms with E-state index in [-0.39, 0.29) is 23.8 Å². The molecule has 1 heterocycles. The molecule has 1 aliphatic heterocycles. The van der Waals surface area contributed by atoms with Gasteiger partial charge in [0.1, 0.15) is 0 Å². The largest absolute Gasteiger partial charge is 0.383 e. The van der Waals surface area contributed by atoms with Crippen LogP contribution in [-0.2, 0) is 9.53 Å². The minimum Gasteiger partial charge on any atom is -0.383 e. The number of nitrogens with zero attached hydrogens (tertiary/aromatic N) is 1. The Morgan fingerprint density at radius 1 is 1.17 bits per heavy atom. The topological polar surface area (TPSA) is 58.6 Å². The molecule has 0 bridgehead atoms. The lowest BCUT2D eigenvalue weighted by Crippen LogP contribution is -2.47. The van der Waals surface area contributed by atoms with Crippen molar-refractivity contribution in [3.63, 3.8) is 0 Å². The maximum absolute atomic E-state index is 13.3. The number of rotatable bonds is 6. The van der Waals surface area contributed by atoms with E-state index in [1.54, 1.807) is 31.4 Å². The second-order valence-electron chi connectivity index (χ2n) is 7.45. The van der Waals surface area contributed by atoms with Gasteiger partial charge in [0.2, 0.25) is 5.91 Å². The number of hydrogen-bond acceptors (Lipinski definition) is 3. The number of piperidine rings is 1. The number of amides is 2. The SMILES string of the molecule is COCCNC(=O)[C@@H]1CC[C@@H](c2cccc(C)c2)N(C(=O)c2ccc(Cl)cc2)C1. The second-order valence-corrected chi connectivity index (χ2v) is 7.89. The first-order valence-corrected chi connectivity index (χ1v) is 10.3. The zero-order chi connectivity index (χ0) is 20.8. The summed E-state index contributed by atoms with van der Waals surface area (Å²) in [4.78, 5) is 27.8. The van der Waals surface area contributed by atoms with Gasteiger partial charge in [-0.25, -0.2) is 0 Å². The van der Waals surface area contributed by atoms with Gasteiger partial charge in [-0.1, -0.05) is 41.4 Å². The molecule has 1 fully saturated rings. The van der Waals surface area contributed by atoms with E-state index < -0.39 is 0 Å². The number of nitrogens with one attached hydrogen (secondary N) is 1. The maximum Gasteiger partial charge on any atom is 0.254 e. The smallest absolute Gasteiger partial charge is 0.254 e. The summed E-state index contributed by atoms with van der Waals surface area (Å²) in [5.41, 5.74) is 2.83. The number of aryl methyl sites for hydroxylation is 1. The van der Waals surface area contributed by atoms with Crippen LogP contribution in [0.4, 0.5) is 0 Å². The molecule has 0 unspecified atom stereocenters. The van der Waals surface area contributed by atoms with Crippen molar-refractivity contribution in [2.45, 2.75) is 25.8 Å². The molecule has 1 aliphatic rings. The number of ether oxygens (including phenoxy) is 1. The number of carbonyl (C=O) groups is 2. The lowest BCUT2D eigenvalue weighted by molar-refractivity contribution is -0.127. The van der Waals surface area contributed by atoms with Crippen molar-refractivity contribution < 1.29 is 14.3 Å². The van der Waals surface area contributed by atoms with Gasteiger partial charge in [0, 0.05) is 30.8 Å². The van der Waals surface area contributed by atoms with Crippen LogP contribution in [0.2, 0.25) is 5.02 Å². The highest BCUT2D eigenvalue weighted by molar-refractivity contribution is 6.30. The summed E-state index contributed by atoms with van der Waals surface area (Å²) in [6, 6.07) is 15.1. The van der Waals surface area contributed by atoms with Gasteiger partial charge in [-0.05, 0) is 49.6 Å². The van der Waals surface area contributed by atoms with Gasteiger partial charge in [0.25, 0.3) is 5.91 Å². The predicted octanol–water partition coefficient (Wildman–Crippen LogP) is 4.00. The fourth-order valence-electron chi connectivity index (χ4n) is 3.81. The van der Waals surface area contributed by atoms with E-state index in [0.29, 0.717) is 30.3 Å². The molecule has 0 saturated carbocycles. The Hall–Kier alpha value is -2.37. The maximum atomic E-state index is 13.3. The number of methoxy groups -OCH3 is 1. The highest BCUT2D eigenvalue weighted by atomic mass is 35.5.